The average molecular weight is 540 g/mol. The molecular formula is C31H33N5O2S. The second-order valence-electron chi connectivity index (χ2n) is 9.18. The van der Waals surface area contributed by atoms with E-state index in [9.17, 15) is 9.59 Å². The van der Waals surface area contributed by atoms with Gasteiger partial charge in [0.2, 0.25) is 11.8 Å². The zero-order chi connectivity index (χ0) is 27.8. The number of amides is 2. The van der Waals surface area contributed by atoms with E-state index in [1.54, 1.807) is 6.08 Å². The van der Waals surface area contributed by atoms with Crippen molar-refractivity contribution in [2.45, 2.75) is 51.1 Å². The first-order valence-corrected chi connectivity index (χ1v) is 13.9. The third-order valence-electron chi connectivity index (χ3n) is 6.22. The maximum Gasteiger partial charge on any atom is 0.248 e. The Morgan fingerprint density at radius 2 is 1.69 bits per heavy atom. The molecule has 1 unspecified atom stereocenters. The quantitative estimate of drug-likeness (QED) is 0.172. The van der Waals surface area contributed by atoms with Crippen LogP contribution in [0, 0.1) is 13.8 Å². The van der Waals surface area contributed by atoms with Crippen LogP contribution in [0.2, 0.25) is 0 Å². The molecule has 7 nitrogen and oxygen atoms in total. The lowest BCUT2D eigenvalue weighted by Gasteiger charge is -2.16. The minimum absolute atomic E-state index is 0.0527. The van der Waals surface area contributed by atoms with Crippen molar-refractivity contribution in [3.05, 3.63) is 95.6 Å². The number of rotatable bonds is 10. The topological polar surface area (TPSA) is 88.9 Å². The summed E-state index contributed by atoms with van der Waals surface area (Å²) < 4.78 is 2.01. The number of hydrogen-bond donors (Lipinski definition) is 2. The minimum Gasteiger partial charge on any atom is -0.325 e. The summed E-state index contributed by atoms with van der Waals surface area (Å²) in [6.45, 7) is 8.71. The van der Waals surface area contributed by atoms with Gasteiger partial charge in [-0.1, -0.05) is 66.7 Å². The molecule has 0 radical (unpaired) electrons. The SMILES string of the molecule is CCC(Sc1nnc(-c2ccc(NC(=O)/C=C/c3ccccc3)cc2)n1CC)C(=O)Nc1ccc(C)cc1C. The van der Waals surface area contributed by atoms with Crippen molar-refractivity contribution in [2.24, 2.45) is 0 Å². The molecule has 0 saturated carbocycles. The average Bonchev–Trinajstić information content (AvgIpc) is 3.35. The lowest BCUT2D eigenvalue weighted by atomic mass is 10.1. The molecule has 0 saturated heterocycles. The van der Waals surface area contributed by atoms with Gasteiger partial charge in [0.25, 0.3) is 0 Å². The van der Waals surface area contributed by atoms with E-state index in [0.29, 0.717) is 29.6 Å². The molecule has 0 aliphatic rings. The maximum absolute atomic E-state index is 13.1. The zero-order valence-corrected chi connectivity index (χ0v) is 23.5. The number of anilines is 2. The highest BCUT2D eigenvalue weighted by Gasteiger charge is 2.23. The van der Waals surface area contributed by atoms with Crippen molar-refractivity contribution in [1.29, 1.82) is 0 Å². The standard InChI is InChI=1S/C31H33N5O2S/c1-5-27(30(38)33-26-18-12-21(3)20-22(26)4)39-31-35-34-29(36(31)6-2)24-14-16-25(17-15-24)32-28(37)19-13-23-10-8-7-9-11-23/h7-20,27H,5-6H2,1-4H3,(H,32,37)(H,33,38)/b19-13+. The highest BCUT2D eigenvalue weighted by atomic mass is 32.2. The van der Waals surface area contributed by atoms with E-state index < -0.39 is 0 Å². The molecule has 39 heavy (non-hydrogen) atoms. The minimum atomic E-state index is -0.311. The van der Waals surface area contributed by atoms with Crippen LogP contribution < -0.4 is 10.6 Å². The van der Waals surface area contributed by atoms with Gasteiger partial charge < -0.3 is 15.2 Å². The summed E-state index contributed by atoms with van der Waals surface area (Å²) in [5.74, 6) is 0.460. The van der Waals surface area contributed by atoms with Gasteiger partial charge >= 0.3 is 0 Å². The first-order valence-electron chi connectivity index (χ1n) is 13.0. The summed E-state index contributed by atoms with van der Waals surface area (Å²) in [4.78, 5) is 25.4. The zero-order valence-electron chi connectivity index (χ0n) is 22.6. The lowest BCUT2D eigenvalue weighted by molar-refractivity contribution is -0.115. The summed E-state index contributed by atoms with van der Waals surface area (Å²) in [6, 6.07) is 23.2. The van der Waals surface area contributed by atoms with Gasteiger partial charge in [0.05, 0.1) is 5.25 Å². The number of nitrogens with zero attached hydrogens (tertiary/aromatic N) is 3. The number of carbonyl (C=O) groups is 2. The van der Waals surface area contributed by atoms with Gasteiger partial charge in [0.15, 0.2) is 11.0 Å². The Kier molecular flexibility index (Phi) is 9.33. The predicted molar refractivity (Wildman–Crippen MR) is 160 cm³/mol. The van der Waals surface area contributed by atoms with E-state index in [1.165, 1.54) is 17.8 Å². The Labute approximate surface area is 233 Å². The van der Waals surface area contributed by atoms with Crippen molar-refractivity contribution in [3.63, 3.8) is 0 Å². The van der Waals surface area contributed by atoms with E-state index in [1.807, 2.05) is 99.0 Å². The second kappa shape index (κ2) is 13.1. The molecule has 0 aliphatic heterocycles. The summed E-state index contributed by atoms with van der Waals surface area (Å²) in [5.41, 5.74) is 5.54. The van der Waals surface area contributed by atoms with Crippen molar-refractivity contribution >= 4 is 41.0 Å². The van der Waals surface area contributed by atoms with Crippen LogP contribution in [-0.2, 0) is 16.1 Å². The second-order valence-corrected chi connectivity index (χ2v) is 10.4. The van der Waals surface area contributed by atoms with Gasteiger partial charge in [0, 0.05) is 29.6 Å². The number of nitrogens with one attached hydrogen (secondary N) is 2. The molecule has 3 aromatic carbocycles. The molecule has 2 N–H and O–H groups in total. The van der Waals surface area contributed by atoms with E-state index in [-0.39, 0.29) is 17.1 Å². The Bertz CT molecular complexity index is 1460. The smallest absolute Gasteiger partial charge is 0.248 e. The van der Waals surface area contributed by atoms with Crippen LogP contribution in [0.5, 0.6) is 0 Å². The summed E-state index contributed by atoms with van der Waals surface area (Å²) in [7, 11) is 0. The molecule has 0 fully saturated rings. The van der Waals surface area contributed by atoms with Crippen LogP contribution in [0.4, 0.5) is 11.4 Å². The molecule has 200 valence electrons. The van der Waals surface area contributed by atoms with Gasteiger partial charge in [-0.25, -0.2) is 0 Å². The van der Waals surface area contributed by atoms with Crippen LogP contribution in [0.3, 0.4) is 0 Å². The van der Waals surface area contributed by atoms with Crippen LogP contribution in [-0.4, -0.2) is 31.8 Å². The molecule has 1 aromatic heterocycles. The Balaban J connectivity index is 1.43. The van der Waals surface area contributed by atoms with Crippen molar-refractivity contribution in [1.82, 2.24) is 14.8 Å². The number of aromatic nitrogens is 3. The summed E-state index contributed by atoms with van der Waals surface area (Å²) >= 11 is 1.42. The van der Waals surface area contributed by atoms with E-state index in [2.05, 4.69) is 26.9 Å². The Morgan fingerprint density at radius 3 is 2.36 bits per heavy atom. The molecule has 1 heterocycles. The normalized spacial score (nSPS) is 11.9. The summed E-state index contributed by atoms with van der Waals surface area (Å²) in [6.07, 6.45) is 3.94. The molecule has 0 bridgehead atoms. The van der Waals surface area contributed by atoms with E-state index >= 15 is 0 Å². The van der Waals surface area contributed by atoms with Gasteiger partial charge in [-0.15, -0.1) is 10.2 Å². The van der Waals surface area contributed by atoms with Crippen LogP contribution in [0.15, 0.2) is 84.0 Å². The fraction of sp³-hybridized carbons (Fsp3) is 0.226. The van der Waals surface area contributed by atoms with Crippen molar-refractivity contribution in [2.75, 3.05) is 10.6 Å². The number of aryl methyl sites for hydroxylation is 2. The number of benzene rings is 3. The number of thioether (sulfide) groups is 1. The largest absolute Gasteiger partial charge is 0.325 e. The first-order chi connectivity index (χ1) is 18.9. The number of carbonyl (C=O) groups excluding carboxylic acids is 2. The fourth-order valence-corrected chi connectivity index (χ4v) is 5.13. The van der Waals surface area contributed by atoms with E-state index in [0.717, 1.165) is 27.9 Å². The van der Waals surface area contributed by atoms with Crippen molar-refractivity contribution in [3.8, 4) is 11.4 Å². The highest BCUT2D eigenvalue weighted by molar-refractivity contribution is 8.00. The molecular weight excluding hydrogens is 506 g/mol. The number of hydrogen-bond acceptors (Lipinski definition) is 5. The van der Waals surface area contributed by atoms with Gasteiger partial charge in [-0.3, -0.25) is 9.59 Å². The first kappa shape index (κ1) is 27.9. The van der Waals surface area contributed by atoms with Crippen molar-refractivity contribution < 1.29 is 9.59 Å². The third-order valence-corrected chi connectivity index (χ3v) is 7.57. The molecule has 8 heteroatoms. The molecule has 0 spiro atoms. The monoisotopic (exact) mass is 539 g/mol. The van der Waals surface area contributed by atoms with Gasteiger partial charge in [-0.05, 0) is 74.7 Å². The Hall–Kier alpha value is -4.17. The van der Waals surface area contributed by atoms with E-state index in [4.69, 9.17) is 0 Å². The molecule has 0 aliphatic carbocycles. The maximum atomic E-state index is 13.1. The molecule has 1 atom stereocenters. The predicted octanol–water partition coefficient (Wildman–Crippen LogP) is 6.74. The van der Waals surface area contributed by atoms with Gasteiger partial charge in [-0.2, -0.15) is 0 Å². The highest BCUT2D eigenvalue weighted by Crippen LogP contribution is 2.30. The summed E-state index contributed by atoms with van der Waals surface area (Å²) in [5, 5.41) is 15.2. The Morgan fingerprint density at radius 1 is 0.949 bits per heavy atom. The molecule has 4 rings (SSSR count). The van der Waals surface area contributed by atoms with Crippen LogP contribution in [0.25, 0.3) is 17.5 Å². The third kappa shape index (κ3) is 7.23. The molecule has 2 amide bonds. The van der Waals surface area contributed by atoms with Crippen LogP contribution >= 0.6 is 11.8 Å². The fourth-order valence-electron chi connectivity index (χ4n) is 4.11. The molecule has 4 aromatic rings. The van der Waals surface area contributed by atoms with Crippen LogP contribution in [0.1, 0.15) is 37.0 Å². The lowest BCUT2D eigenvalue weighted by Crippen LogP contribution is -2.25. The van der Waals surface area contributed by atoms with Gasteiger partial charge in [0.1, 0.15) is 0 Å².